The van der Waals surface area contributed by atoms with Gasteiger partial charge in [-0.25, -0.2) is 15.0 Å². The summed E-state index contributed by atoms with van der Waals surface area (Å²) in [5, 5.41) is 3.46. The molecule has 0 bridgehead atoms. The number of unbranched alkanes of at least 4 members (excludes halogenated alkanes) is 2. The van der Waals surface area contributed by atoms with E-state index in [4.69, 9.17) is 9.72 Å². The maximum Gasteiger partial charge on any atom is 0.306 e. The van der Waals surface area contributed by atoms with Gasteiger partial charge in [-0.1, -0.05) is 18.2 Å². The lowest BCUT2D eigenvalue weighted by atomic mass is 9.97. The molecule has 1 atom stereocenters. The summed E-state index contributed by atoms with van der Waals surface area (Å²) >= 11 is 0. The molecule has 0 unspecified atom stereocenters. The highest BCUT2D eigenvalue weighted by molar-refractivity contribution is 5.71. The molecule has 1 aliphatic rings. The van der Waals surface area contributed by atoms with Gasteiger partial charge in [-0.2, -0.15) is 0 Å². The summed E-state index contributed by atoms with van der Waals surface area (Å²) in [4.78, 5) is 25.4. The van der Waals surface area contributed by atoms with Crippen LogP contribution in [0.2, 0.25) is 0 Å². The zero-order valence-electron chi connectivity index (χ0n) is 18.8. The molecule has 3 rings (SSSR count). The molecule has 0 radical (unpaired) electrons. The minimum absolute atomic E-state index is 0.0584. The van der Waals surface area contributed by atoms with Crippen LogP contribution in [0.15, 0.2) is 36.7 Å². The van der Waals surface area contributed by atoms with E-state index >= 15 is 0 Å². The van der Waals surface area contributed by atoms with Gasteiger partial charge in [-0.3, -0.25) is 4.79 Å². The molecule has 0 aliphatic carbocycles. The second-order valence-corrected chi connectivity index (χ2v) is 8.05. The Morgan fingerprint density at radius 1 is 1.23 bits per heavy atom. The van der Waals surface area contributed by atoms with E-state index in [1.165, 1.54) is 18.4 Å². The van der Waals surface area contributed by atoms with Gasteiger partial charge in [-0.05, 0) is 76.0 Å². The molecular formula is C25H34N4O2. The van der Waals surface area contributed by atoms with Crippen LogP contribution in [0.5, 0.6) is 0 Å². The number of hydrogen-bond acceptors (Lipinski definition) is 6. The summed E-state index contributed by atoms with van der Waals surface area (Å²) in [6, 6.07) is 4.41. The van der Waals surface area contributed by atoms with E-state index in [1.807, 2.05) is 13.8 Å². The van der Waals surface area contributed by atoms with E-state index in [1.54, 1.807) is 12.4 Å². The summed E-state index contributed by atoms with van der Waals surface area (Å²) in [5.74, 6) is 1.55. The molecule has 6 heteroatoms. The van der Waals surface area contributed by atoms with Gasteiger partial charge in [0.15, 0.2) is 0 Å². The SMILES string of the molecule is CCOC(=O)C[C@H](C=CCCCCc1ccc2c(n1)NCCCC2)c1cnc(C)nc1. The highest BCUT2D eigenvalue weighted by atomic mass is 16.5. The van der Waals surface area contributed by atoms with E-state index in [0.717, 1.165) is 61.5 Å². The van der Waals surface area contributed by atoms with Crippen molar-refractivity contribution < 1.29 is 9.53 Å². The summed E-state index contributed by atoms with van der Waals surface area (Å²) in [6.07, 6.45) is 15.9. The largest absolute Gasteiger partial charge is 0.466 e. The Labute approximate surface area is 185 Å². The number of nitrogens with one attached hydrogen (secondary N) is 1. The van der Waals surface area contributed by atoms with Gasteiger partial charge in [0.05, 0.1) is 13.0 Å². The van der Waals surface area contributed by atoms with Gasteiger partial charge in [0.2, 0.25) is 0 Å². The number of esters is 1. The summed E-state index contributed by atoms with van der Waals surface area (Å²) in [7, 11) is 0. The maximum absolute atomic E-state index is 12.0. The number of rotatable bonds is 10. The van der Waals surface area contributed by atoms with Gasteiger partial charge in [0.25, 0.3) is 0 Å². The summed E-state index contributed by atoms with van der Waals surface area (Å²) in [6.45, 7) is 5.10. The number of aromatic nitrogens is 3. The predicted molar refractivity (Wildman–Crippen MR) is 123 cm³/mol. The Balaban J connectivity index is 1.48. The van der Waals surface area contributed by atoms with Crippen molar-refractivity contribution in [1.82, 2.24) is 15.0 Å². The van der Waals surface area contributed by atoms with Crippen LogP contribution in [0.3, 0.4) is 0 Å². The Bertz CT molecular complexity index is 864. The fraction of sp³-hybridized carbons (Fsp3) is 0.520. The third kappa shape index (κ3) is 7.46. The van der Waals surface area contributed by atoms with E-state index in [2.05, 4.69) is 39.6 Å². The first-order valence-electron chi connectivity index (χ1n) is 11.5. The van der Waals surface area contributed by atoms with E-state index < -0.39 is 0 Å². The van der Waals surface area contributed by atoms with Crippen LogP contribution in [0.4, 0.5) is 5.82 Å². The smallest absolute Gasteiger partial charge is 0.306 e. The molecule has 0 aromatic carbocycles. The summed E-state index contributed by atoms with van der Waals surface area (Å²) < 4.78 is 5.13. The van der Waals surface area contributed by atoms with Crippen LogP contribution in [0, 0.1) is 6.92 Å². The van der Waals surface area contributed by atoms with Gasteiger partial charge in [-0.15, -0.1) is 0 Å². The van der Waals surface area contributed by atoms with E-state index in [-0.39, 0.29) is 11.9 Å². The Morgan fingerprint density at radius 2 is 2.06 bits per heavy atom. The molecule has 1 aliphatic heterocycles. The number of nitrogens with zero attached hydrogens (tertiary/aromatic N) is 3. The van der Waals surface area contributed by atoms with Crippen molar-refractivity contribution in [2.75, 3.05) is 18.5 Å². The average molecular weight is 423 g/mol. The second kappa shape index (κ2) is 12.2. The van der Waals surface area contributed by atoms with Crippen LogP contribution < -0.4 is 5.32 Å². The number of anilines is 1. The zero-order chi connectivity index (χ0) is 21.9. The monoisotopic (exact) mass is 422 g/mol. The molecule has 6 nitrogen and oxygen atoms in total. The lowest BCUT2D eigenvalue weighted by Crippen LogP contribution is -2.10. The topological polar surface area (TPSA) is 77.0 Å². The molecule has 1 N–H and O–H groups in total. The normalized spacial score (nSPS) is 14.5. The predicted octanol–water partition coefficient (Wildman–Crippen LogP) is 4.93. The molecular weight excluding hydrogens is 388 g/mol. The molecule has 31 heavy (non-hydrogen) atoms. The molecule has 0 saturated heterocycles. The first-order chi connectivity index (χ1) is 15.2. The van der Waals surface area contributed by atoms with Gasteiger partial charge in [0, 0.05) is 30.6 Å². The number of pyridine rings is 1. The van der Waals surface area contributed by atoms with E-state index in [9.17, 15) is 4.79 Å². The highest BCUT2D eigenvalue weighted by Gasteiger charge is 2.15. The van der Waals surface area contributed by atoms with Crippen LogP contribution in [0.25, 0.3) is 0 Å². The minimum atomic E-state index is -0.194. The number of carbonyl (C=O) groups is 1. The number of hydrogen-bond donors (Lipinski definition) is 1. The van der Waals surface area contributed by atoms with E-state index in [0.29, 0.717) is 13.0 Å². The number of ether oxygens (including phenoxy) is 1. The Morgan fingerprint density at radius 3 is 2.87 bits per heavy atom. The first kappa shape index (κ1) is 22.9. The molecule has 166 valence electrons. The summed E-state index contributed by atoms with van der Waals surface area (Å²) in [5.41, 5.74) is 3.45. The molecule has 0 amide bonds. The van der Waals surface area contributed by atoms with Gasteiger partial charge in [0.1, 0.15) is 11.6 Å². The molecule has 0 fully saturated rings. The van der Waals surface area contributed by atoms with Crippen LogP contribution in [-0.4, -0.2) is 34.1 Å². The number of carbonyl (C=O) groups excluding carboxylic acids is 1. The number of aryl methyl sites for hydroxylation is 3. The van der Waals surface area contributed by atoms with Gasteiger partial charge < -0.3 is 10.1 Å². The fourth-order valence-electron chi connectivity index (χ4n) is 3.79. The lowest BCUT2D eigenvalue weighted by molar-refractivity contribution is -0.143. The lowest BCUT2D eigenvalue weighted by Gasteiger charge is -2.12. The number of allylic oxidation sites excluding steroid dienone is 2. The van der Waals surface area contributed by atoms with Crippen molar-refractivity contribution in [3.05, 3.63) is 59.3 Å². The quantitative estimate of drug-likeness (QED) is 0.332. The van der Waals surface area contributed by atoms with Crippen molar-refractivity contribution in [3.63, 3.8) is 0 Å². The van der Waals surface area contributed by atoms with Crippen molar-refractivity contribution in [3.8, 4) is 0 Å². The molecule has 2 aromatic rings. The maximum atomic E-state index is 12.0. The fourth-order valence-corrected chi connectivity index (χ4v) is 3.79. The van der Waals surface area contributed by atoms with Crippen molar-refractivity contribution in [1.29, 1.82) is 0 Å². The second-order valence-electron chi connectivity index (χ2n) is 8.05. The van der Waals surface area contributed by atoms with Gasteiger partial charge >= 0.3 is 5.97 Å². The molecule has 2 aromatic heterocycles. The average Bonchev–Trinajstić information content (AvgIpc) is 3.01. The van der Waals surface area contributed by atoms with Crippen LogP contribution in [-0.2, 0) is 22.4 Å². The minimum Gasteiger partial charge on any atom is -0.466 e. The molecule has 3 heterocycles. The molecule has 0 saturated carbocycles. The van der Waals surface area contributed by atoms with Crippen molar-refractivity contribution in [2.24, 2.45) is 0 Å². The Kier molecular flexibility index (Phi) is 9.00. The standard InChI is InChI=1S/C25H34N4O2/c1-3-31-24(30)16-21(22-17-27-19(2)28-18-22)11-6-4-5-7-12-23-14-13-20-10-8-9-15-26-25(20)29-23/h6,11,13-14,17-18,21H,3-5,7-10,12,15-16H2,1-2H3,(H,26,29)/t21-/m0/s1. The van der Waals surface area contributed by atoms with Crippen LogP contribution >= 0.6 is 0 Å². The zero-order valence-corrected chi connectivity index (χ0v) is 18.8. The third-order valence-corrected chi connectivity index (χ3v) is 5.54. The van der Waals surface area contributed by atoms with Crippen LogP contribution in [0.1, 0.15) is 74.0 Å². The third-order valence-electron chi connectivity index (χ3n) is 5.54. The number of fused-ring (bicyclic) bond motifs is 1. The van der Waals surface area contributed by atoms with Crippen molar-refractivity contribution in [2.45, 2.75) is 71.1 Å². The van der Waals surface area contributed by atoms with Crippen molar-refractivity contribution >= 4 is 11.8 Å². The molecule has 0 spiro atoms. The Hall–Kier alpha value is -2.76. The highest BCUT2D eigenvalue weighted by Crippen LogP contribution is 2.22. The first-order valence-corrected chi connectivity index (χ1v) is 11.5.